The molecule has 2 saturated carbocycles. The Morgan fingerprint density at radius 3 is 2.52 bits per heavy atom. The van der Waals surface area contributed by atoms with Crippen molar-refractivity contribution in [2.45, 2.75) is 69.8 Å². The average molecular weight is 288 g/mol. The summed E-state index contributed by atoms with van der Waals surface area (Å²) in [5.74, 6) is 1.47. The van der Waals surface area contributed by atoms with Crippen LogP contribution in [0.4, 0.5) is 0 Å². The van der Waals surface area contributed by atoms with Crippen LogP contribution in [0.5, 0.6) is 5.75 Å². The second-order valence-corrected chi connectivity index (χ2v) is 7.20. The van der Waals surface area contributed by atoms with Gasteiger partial charge >= 0.3 is 0 Å². The maximum atomic E-state index is 11.3. The van der Waals surface area contributed by atoms with Crippen molar-refractivity contribution < 1.29 is 10.2 Å². The molecule has 2 N–H and O–H groups in total. The van der Waals surface area contributed by atoms with Gasteiger partial charge in [0.2, 0.25) is 0 Å². The minimum absolute atomic E-state index is 0.307. The highest BCUT2D eigenvalue weighted by Gasteiger charge is 2.42. The van der Waals surface area contributed by atoms with Crippen LogP contribution in [-0.4, -0.2) is 15.8 Å². The third-order valence-electron chi connectivity index (χ3n) is 5.70. The van der Waals surface area contributed by atoms with E-state index in [2.05, 4.69) is 0 Å². The molecule has 2 aliphatic rings. The molecule has 2 unspecified atom stereocenters. The molecule has 3 rings (SSSR count). The fourth-order valence-electron chi connectivity index (χ4n) is 4.70. The van der Waals surface area contributed by atoms with Gasteiger partial charge in [0, 0.05) is 6.42 Å². The Bertz CT molecular complexity index is 464. The number of rotatable bonds is 3. The first-order chi connectivity index (χ1) is 10.2. The molecule has 0 aromatic heterocycles. The molecule has 0 aliphatic heterocycles. The van der Waals surface area contributed by atoms with Crippen LogP contribution >= 0.6 is 0 Å². The van der Waals surface area contributed by atoms with Crippen LogP contribution in [0.1, 0.15) is 63.4 Å². The highest BCUT2D eigenvalue weighted by Crippen LogP contribution is 2.45. The molecule has 0 radical (unpaired) electrons. The fraction of sp³-hybridized carbons (Fsp3) is 0.684. The summed E-state index contributed by atoms with van der Waals surface area (Å²) >= 11 is 0. The molecule has 0 bridgehead atoms. The van der Waals surface area contributed by atoms with Gasteiger partial charge in [0.05, 0.1) is 5.60 Å². The highest BCUT2D eigenvalue weighted by atomic mass is 16.3. The number of aromatic hydroxyl groups is 1. The molecule has 0 amide bonds. The molecular weight excluding hydrogens is 260 g/mol. The lowest BCUT2D eigenvalue weighted by Gasteiger charge is -2.45. The minimum Gasteiger partial charge on any atom is -0.508 e. The highest BCUT2D eigenvalue weighted by molar-refractivity contribution is 5.28. The summed E-state index contributed by atoms with van der Waals surface area (Å²) in [6, 6.07) is 7.42. The van der Waals surface area contributed by atoms with Gasteiger partial charge in [0.25, 0.3) is 0 Å². The summed E-state index contributed by atoms with van der Waals surface area (Å²) in [6.07, 6.45) is 11.8. The molecule has 0 spiro atoms. The molecule has 2 aliphatic carbocycles. The van der Waals surface area contributed by atoms with Crippen molar-refractivity contribution in [1.82, 2.24) is 0 Å². The molecule has 0 heterocycles. The van der Waals surface area contributed by atoms with E-state index in [1.165, 1.54) is 44.9 Å². The van der Waals surface area contributed by atoms with Crippen molar-refractivity contribution in [2.75, 3.05) is 0 Å². The topological polar surface area (TPSA) is 40.5 Å². The predicted octanol–water partition coefficient (Wildman–Crippen LogP) is 4.44. The van der Waals surface area contributed by atoms with Crippen LogP contribution in [0.3, 0.4) is 0 Å². The van der Waals surface area contributed by atoms with Gasteiger partial charge in [-0.15, -0.1) is 0 Å². The van der Waals surface area contributed by atoms with E-state index >= 15 is 0 Å². The van der Waals surface area contributed by atoms with Crippen molar-refractivity contribution in [3.63, 3.8) is 0 Å². The minimum atomic E-state index is -0.561. The van der Waals surface area contributed by atoms with Gasteiger partial charge in [0.15, 0.2) is 0 Å². The maximum absolute atomic E-state index is 11.3. The van der Waals surface area contributed by atoms with E-state index in [9.17, 15) is 10.2 Å². The van der Waals surface area contributed by atoms with Crippen molar-refractivity contribution in [2.24, 2.45) is 11.8 Å². The zero-order chi connectivity index (χ0) is 14.7. The quantitative estimate of drug-likeness (QED) is 0.863. The smallest absolute Gasteiger partial charge is 0.115 e. The van der Waals surface area contributed by atoms with Crippen LogP contribution in [0.25, 0.3) is 0 Å². The Balaban J connectivity index is 1.77. The summed E-state index contributed by atoms with van der Waals surface area (Å²) in [5, 5.41) is 21.0. The molecule has 116 valence electrons. The van der Waals surface area contributed by atoms with Crippen LogP contribution in [0.15, 0.2) is 24.3 Å². The molecule has 1 aromatic carbocycles. The van der Waals surface area contributed by atoms with Gasteiger partial charge in [-0.1, -0.05) is 57.1 Å². The van der Waals surface area contributed by atoms with Gasteiger partial charge in [0.1, 0.15) is 5.75 Å². The van der Waals surface area contributed by atoms with Gasteiger partial charge in [-0.2, -0.15) is 0 Å². The predicted molar refractivity (Wildman–Crippen MR) is 85.3 cm³/mol. The van der Waals surface area contributed by atoms with E-state index in [0.717, 1.165) is 18.4 Å². The van der Waals surface area contributed by atoms with Crippen molar-refractivity contribution in [3.05, 3.63) is 29.8 Å². The van der Waals surface area contributed by atoms with Gasteiger partial charge in [-0.25, -0.2) is 0 Å². The Labute approximate surface area is 128 Å². The van der Waals surface area contributed by atoms with Crippen molar-refractivity contribution in [1.29, 1.82) is 0 Å². The first-order valence-corrected chi connectivity index (χ1v) is 8.68. The van der Waals surface area contributed by atoms with Gasteiger partial charge in [-0.05, 0) is 42.4 Å². The SMILES string of the molecule is Oc1cccc(CC2(O)CCCCC2C2CCCCC2)c1. The second-order valence-electron chi connectivity index (χ2n) is 7.20. The number of phenols is 1. The molecular formula is C19H28O2. The monoisotopic (exact) mass is 288 g/mol. The van der Waals surface area contributed by atoms with Crippen LogP contribution in [-0.2, 0) is 6.42 Å². The lowest BCUT2D eigenvalue weighted by Crippen LogP contribution is -2.46. The normalized spacial score (nSPS) is 31.2. The largest absolute Gasteiger partial charge is 0.508 e. The number of aliphatic hydroxyl groups is 1. The van der Waals surface area contributed by atoms with Gasteiger partial charge < -0.3 is 10.2 Å². The molecule has 0 saturated heterocycles. The maximum Gasteiger partial charge on any atom is 0.115 e. The standard InChI is InChI=1S/C19H28O2/c20-17-10-6-7-15(13-17)14-19(21)12-5-4-11-18(19)16-8-2-1-3-9-16/h6-7,10,13,16,18,20-21H,1-5,8-9,11-12,14H2. The van der Waals surface area contributed by atoms with E-state index in [0.29, 0.717) is 24.0 Å². The summed E-state index contributed by atoms with van der Waals surface area (Å²) in [4.78, 5) is 0. The molecule has 21 heavy (non-hydrogen) atoms. The Morgan fingerprint density at radius 2 is 1.76 bits per heavy atom. The summed E-state index contributed by atoms with van der Waals surface area (Å²) < 4.78 is 0. The van der Waals surface area contributed by atoms with Crippen LogP contribution in [0, 0.1) is 11.8 Å². The molecule has 2 fully saturated rings. The molecule has 2 atom stereocenters. The van der Waals surface area contributed by atoms with E-state index in [-0.39, 0.29) is 0 Å². The zero-order valence-electron chi connectivity index (χ0n) is 12.9. The molecule has 2 nitrogen and oxygen atoms in total. The van der Waals surface area contributed by atoms with E-state index in [1.54, 1.807) is 6.07 Å². The van der Waals surface area contributed by atoms with Gasteiger partial charge in [-0.3, -0.25) is 0 Å². The van der Waals surface area contributed by atoms with Crippen LogP contribution in [0.2, 0.25) is 0 Å². The Kier molecular flexibility index (Phi) is 4.54. The Morgan fingerprint density at radius 1 is 1.00 bits per heavy atom. The van der Waals surface area contributed by atoms with E-state index in [1.807, 2.05) is 18.2 Å². The molecule has 1 aromatic rings. The zero-order valence-corrected chi connectivity index (χ0v) is 12.9. The third kappa shape index (κ3) is 3.42. The van der Waals surface area contributed by atoms with Crippen molar-refractivity contribution >= 4 is 0 Å². The first kappa shape index (κ1) is 14.9. The number of hydrogen-bond acceptors (Lipinski definition) is 2. The fourth-order valence-corrected chi connectivity index (χ4v) is 4.70. The van der Waals surface area contributed by atoms with E-state index < -0.39 is 5.60 Å². The summed E-state index contributed by atoms with van der Waals surface area (Å²) in [7, 11) is 0. The lowest BCUT2D eigenvalue weighted by atomic mass is 9.64. The van der Waals surface area contributed by atoms with E-state index in [4.69, 9.17) is 0 Å². The number of phenolic OH excluding ortho intramolecular Hbond substituents is 1. The number of hydrogen-bond donors (Lipinski definition) is 2. The van der Waals surface area contributed by atoms with Crippen LogP contribution < -0.4 is 0 Å². The third-order valence-corrected chi connectivity index (χ3v) is 5.70. The second kappa shape index (κ2) is 6.39. The first-order valence-electron chi connectivity index (χ1n) is 8.68. The Hall–Kier alpha value is -1.02. The summed E-state index contributed by atoms with van der Waals surface area (Å²) in [6.45, 7) is 0. The number of benzene rings is 1. The summed E-state index contributed by atoms with van der Waals surface area (Å²) in [5.41, 5.74) is 0.508. The van der Waals surface area contributed by atoms with Crippen molar-refractivity contribution in [3.8, 4) is 5.75 Å². The average Bonchev–Trinajstić information content (AvgIpc) is 2.48. The molecule has 2 heteroatoms. The lowest BCUT2D eigenvalue weighted by molar-refractivity contribution is -0.0766.